The molecule has 0 saturated heterocycles. The van der Waals surface area contributed by atoms with Gasteiger partial charge in [0.2, 0.25) is 0 Å². The van der Waals surface area contributed by atoms with Crippen LogP contribution in [0.25, 0.3) is 11.1 Å². The van der Waals surface area contributed by atoms with Gasteiger partial charge in [-0.05, 0) is 24.6 Å². The van der Waals surface area contributed by atoms with Crippen LogP contribution >= 0.6 is 7.37 Å². The normalized spacial score (nSPS) is 15.6. The van der Waals surface area contributed by atoms with Crippen molar-refractivity contribution in [3.05, 3.63) is 48.5 Å². The van der Waals surface area contributed by atoms with Crippen LogP contribution in [0.4, 0.5) is 0 Å². The third kappa shape index (κ3) is 11.8. The Hall–Kier alpha value is -2.19. The van der Waals surface area contributed by atoms with Gasteiger partial charge in [0.25, 0.3) is 7.37 Å². The number of unbranched alkanes of at least 4 members (excludes halogenated alkanes) is 2. The topological polar surface area (TPSA) is 60.4 Å². The van der Waals surface area contributed by atoms with Crippen LogP contribution in [0.5, 0.6) is 5.75 Å². The van der Waals surface area contributed by atoms with E-state index in [1.165, 1.54) is 39.0 Å². The highest BCUT2D eigenvalue weighted by Gasteiger charge is 2.39. The second-order valence-electron chi connectivity index (χ2n) is 9.80. The Balaban J connectivity index is 0.00000100. The van der Waals surface area contributed by atoms with E-state index >= 15 is 0 Å². The van der Waals surface area contributed by atoms with Crippen molar-refractivity contribution in [1.29, 1.82) is 0 Å². The van der Waals surface area contributed by atoms with Crippen molar-refractivity contribution in [2.75, 3.05) is 6.16 Å². The van der Waals surface area contributed by atoms with Crippen molar-refractivity contribution in [2.45, 2.75) is 101 Å². The summed E-state index contributed by atoms with van der Waals surface area (Å²) in [6.07, 6.45) is 6.68. The first-order valence-corrected chi connectivity index (χ1v) is 15.9. The van der Waals surface area contributed by atoms with Crippen LogP contribution in [-0.2, 0) is 14.2 Å². The lowest BCUT2D eigenvalue weighted by molar-refractivity contribution is -0.127. The first kappa shape index (κ1) is 34.8. The average Bonchev–Trinajstić information content (AvgIpc) is 2.89. The average molecular weight is 531 g/mol. The Morgan fingerprint density at radius 2 is 1.24 bits per heavy atom. The molecule has 2 atom stereocenters. The second kappa shape index (κ2) is 19.0. The molecule has 4 nitrogen and oxygen atoms in total. The minimum atomic E-state index is -3.31. The summed E-state index contributed by atoms with van der Waals surface area (Å²) in [5, 5.41) is 0.627. The molecule has 0 amide bonds. The SMILES string of the molecule is CC(=O)C(CC(=O)C(C)C)CP1(=O)Oc2ccccc2-c2ccccc21.CCC.CCCC.CCCC. The van der Waals surface area contributed by atoms with Gasteiger partial charge in [-0.15, -0.1) is 0 Å². The van der Waals surface area contributed by atoms with E-state index in [0.29, 0.717) is 11.1 Å². The highest BCUT2D eigenvalue weighted by atomic mass is 31.2. The Morgan fingerprint density at radius 3 is 1.70 bits per heavy atom. The molecule has 208 valence electrons. The van der Waals surface area contributed by atoms with Gasteiger partial charge in [-0.1, -0.05) is 124 Å². The van der Waals surface area contributed by atoms with Crippen LogP contribution in [-0.4, -0.2) is 17.7 Å². The predicted octanol–water partition coefficient (Wildman–Crippen LogP) is 9.50. The van der Waals surface area contributed by atoms with E-state index < -0.39 is 13.3 Å². The number of Topliss-reactive ketones (excluding diaryl/α,β-unsaturated/α-hetero) is 2. The first-order valence-electron chi connectivity index (χ1n) is 14.1. The minimum Gasteiger partial charge on any atom is -0.439 e. The summed E-state index contributed by atoms with van der Waals surface area (Å²) in [5.74, 6) is -0.323. The molecule has 5 heteroatoms. The zero-order chi connectivity index (χ0) is 28.4. The summed E-state index contributed by atoms with van der Waals surface area (Å²) in [7, 11) is -3.31. The summed E-state index contributed by atoms with van der Waals surface area (Å²) in [6.45, 7) is 18.0. The smallest absolute Gasteiger partial charge is 0.278 e. The van der Waals surface area contributed by atoms with Crippen LogP contribution < -0.4 is 9.83 Å². The van der Waals surface area contributed by atoms with E-state index in [4.69, 9.17) is 4.52 Å². The van der Waals surface area contributed by atoms with E-state index in [1.54, 1.807) is 12.1 Å². The number of rotatable bonds is 8. The third-order valence-electron chi connectivity index (χ3n) is 5.82. The number of carbonyl (C=O) groups is 2. The zero-order valence-electron chi connectivity index (χ0n) is 24.8. The number of hydrogen-bond donors (Lipinski definition) is 0. The van der Waals surface area contributed by atoms with Gasteiger partial charge < -0.3 is 4.52 Å². The Labute approximate surface area is 227 Å². The van der Waals surface area contributed by atoms with Crippen LogP contribution in [0.15, 0.2) is 48.5 Å². The molecule has 0 spiro atoms. The van der Waals surface area contributed by atoms with E-state index in [0.717, 1.165) is 11.1 Å². The monoisotopic (exact) mass is 530 g/mol. The molecular formula is C32H51O4P. The molecule has 0 radical (unpaired) electrons. The molecule has 1 aliphatic rings. The molecule has 0 aromatic heterocycles. The summed E-state index contributed by atoms with van der Waals surface area (Å²) in [6, 6.07) is 14.9. The maximum atomic E-state index is 13.8. The van der Waals surface area contributed by atoms with Gasteiger partial charge in [-0.3, -0.25) is 14.2 Å². The van der Waals surface area contributed by atoms with E-state index in [1.807, 2.05) is 50.2 Å². The molecule has 1 aliphatic heterocycles. The molecule has 0 bridgehead atoms. The lowest BCUT2D eigenvalue weighted by Gasteiger charge is -2.30. The van der Waals surface area contributed by atoms with E-state index in [9.17, 15) is 14.2 Å². The van der Waals surface area contributed by atoms with Gasteiger partial charge in [0.15, 0.2) is 0 Å². The number of fused-ring (bicyclic) bond motifs is 3. The van der Waals surface area contributed by atoms with Crippen molar-refractivity contribution in [1.82, 2.24) is 0 Å². The fourth-order valence-corrected chi connectivity index (χ4v) is 5.90. The Morgan fingerprint density at radius 1 is 0.784 bits per heavy atom. The van der Waals surface area contributed by atoms with Crippen molar-refractivity contribution in [3.63, 3.8) is 0 Å². The van der Waals surface area contributed by atoms with E-state index in [2.05, 4.69) is 41.5 Å². The fourth-order valence-electron chi connectivity index (χ4n) is 3.22. The van der Waals surface area contributed by atoms with Crippen molar-refractivity contribution in [3.8, 4) is 16.9 Å². The summed E-state index contributed by atoms with van der Waals surface area (Å²) >= 11 is 0. The molecule has 2 aromatic rings. The summed E-state index contributed by atoms with van der Waals surface area (Å²) in [4.78, 5) is 24.3. The van der Waals surface area contributed by atoms with Crippen molar-refractivity contribution < 1.29 is 18.7 Å². The molecule has 0 saturated carbocycles. The minimum absolute atomic E-state index is 0.00231. The van der Waals surface area contributed by atoms with Gasteiger partial charge >= 0.3 is 0 Å². The predicted molar refractivity (Wildman–Crippen MR) is 160 cm³/mol. The molecule has 0 N–H and O–H groups in total. The van der Waals surface area contributed by atoms with Gasteiger partial charge in [-0.25, -0.2) is 0 Å². The molecule has 3 rings (SSSR count). The quantitative estimate of drug-likeness (QED) is 0.319. The molecule has 37 heavy (non-hydrogen) atoms. The molecule has 1 heterocycles. The maximum Gasteiger partial charge on any atom is 0.278 e. The number of ketones is 2. The molecule has 0 aliphatic carbocycles. The number of benzene rings is 2. The van der Waals surface area contributed by atoms with Crippen LogP contribution in [0, 0.1) is 11.8 Å². The largest absolute Gasteiger partial charge is 0.439 e. The third-order valence-corrected chi connectivity index (χ3v) is 8.36. The lowest BCUT2D eigenvalue weighted by atomic mass is 9.95. The summed E-state index contributed by atoms with van der Waals surface area (Å²) < 4.78 is 19.8. The molecular weight excluding hydrogens is 479 g/mol. The standard InChI is InChI=1S/C21H23O4P.2C4H10.C3H8/c1-14(2)19(23)12-16(15(3)22)13-26(24)21-11-7-5-9-18(21)17-8-4-6-10-20(17)25-26;2*1-3-4-2;1-3-2/h4-11,14,16H,12-13H2,1-3H3;2*3-4H2,1-2H3;3H2,1-2H3. The highest BCUT2D eigenvalue weighted by Crippen LogP contribution is 2.55. The Kier molecular flexibility index (Phi) is 17.8. The first-order chi connectivity index (χ1) is 17.6. The van der Waals surface area contributed by atoms with Gasteiger partial charge in [0, 0.05) is 30.0 Å². The molecule has 2 unspecified atom stereocenters. The van der Waals surface area contributed by atoms with E-state index in [-0.39, 0.29) is 30.1 Å². The van der Waals surface area contributed by atoms with Crippen molar-refractivity contribution in [2.24, 2.45) is 11.8 Å². The van der Waals surface area contributed by atoms with Gasteiger partial charge in [0.1, 0.15) is 17.3 Å². The lowest BCUT2D eigenvalue weighted by Crippen LogP contribution is -2.28. The second-order valence-corrected chi connectivity index (χ2v) is 12.2. The van der Waals surface area contributed by atoms with Crippen LogP contribution in [0.2, 0.25) is 0 Å². The maximum absolute atomic E-state index is 13.8. The molecule has 2 aromatic carbocycles. The number of carbonyl (C=O) groups excluding carboxylic acids is 2. The Bertz CT molecular complexity index is 972. The number of hydrogen-bond acceptors (Lipinski definition) is 4. The zero-order valence-corrected chi connectivity index (χ0v) is 25.7. The van der Waals surface area contributed by atoms with Gasteiger partial charge in [0.05, 0.1) is 5.30 Å². The van der Waals surface area contributed by atoms with Crippen LogP contribution in [0.3, 0.4) is 0 Å². The number of para-hydroxylation sites is 1. The summed E-state index contributed by atoms with van der Waals surface area (Å²) in [5.41, 5.74) is 1.77. The highest BCUT2D eigenvalue weighted by molar-refractivity contribution is 7.67. The van der Waals surface area contributed by atoms with Crippen molar-refractivity contribution >= 4 is 24.2 Å². The van der Waals surface area contributed by atoms with Gasteiger partial charge in [-0.2, -0.15) is 0 Å². The van der Waals surface area contributed by atoms with Crippen LogP contribution in [0.1, 0.15) is 101 Å². The molecule has 0 fully saturated rings. The fraction of sp³-hybridized carbons (Fsp3) is 0.562.